The van der Waals surface area contributed by atoms with Crippen molar-refractivity contribution in [3.63, 3.8) is 0 Å². The number of sulfonamides is 1. The SMILES string of the molecule is COc1cc(C)c(S(=O)(=O)N2CCCCC2COCC(=O)NC(CN(C)C)c2ccccc2)c(C)c1. The van der Waals surface area contributed by atoms with Gasteiger partial charge in [0.15, 0.2) is 0 Å². The number of carbonyl (C=O) groups is 1. The molecule has 0 radical (unpaired) electrons. The summed E-state index contributed by atoms with van der Waals surface area (Å²) in [7, 11) is 1.77. The van der Waals surface area contributed by atoms with Gasteiger partial charge in [0.1, 0.15) is 12.4 Å². The zero-order valence-electron chi connectivity index (χ0n) is 22.0. The Bertz CT molecular complexity index is 1100. The summed E-state index contributed by atoms with van der Waals surface area (Å²) in [6.07, 6.45) is 2.42. The highest BCUT2D eigenvalue weighted by Gasteiger charge is 2.35. The molecule has 0 saturated carbocycles. The lowest BCUT2D eigenvalue weighted by atomic mass is 10.1. The smallest absolute Gasteiger partial charge is 0.246 e. The zero-order chi connectivity index (χ0) is 26.3. The molecule has 0 spiro atoms. The van der Waals surface area contributed by atoms with E-state index >= 15 is 0 Å². The Morgan fingerprint density at radius 3 is 2.42 bits per heavy atom. The van der Waals surface area contributed by atoms with Crippen LogP contribution in [-0.4, -0.2) is 77.1 Å². The Labute approximate surface area is 215 Å². The third-order valence-electron chi connectivity index (χ3n) is 6.44. The predicted molar refractivity (Wildman–Crippen MR) is 141 cm³/mol. The molecule has 0 bridgehead atoms. The summed E-state index contributed by atoms with van der Waals surface area (Å²) in [6, 6.07) is 12.8. The first kappa shape index (κ1) is 28.1. The maximum Gasteiger partial charge on any atom is 0.246 e. The van der Waals surface area contributed by atoms with Crippen LogP contribution >= 0.6 is 0 Å². The van der Waals surface area contributed by atoms with Crippen LogP contribution in [0.25, 0.3) is 0 Å². The molecule has 2 aromatic carbocycles. The van der Waals surface area contributed by atoms with Gasteiger partial charge in [-0.05, 0) is 69.6 Å². The lowest BCUT2D eigenvalue weighted by Gasteiger charge is -2.35. The van der Waals surface area contributed by atoms with E-state index in [0.717, 1.165) is 18.4 Å². The van der Waals surface area contributed by atoms with Crippen LogP contribution in [0.4, 0.5) is 0 Å². The molecule has 1 aliphatic heterocycles. The molecule has 2 aromatic rings. The maximum atomic E-state index is 13.7. The van der Waals surface area contributed by atoms with Crippen molar-refractivity contribution in [1.82, 2.24) is 14.5 Å². The molecular formula is C27H39N3O5S. The fraction of sp³-hybridized carbons (Fsp3) is 0.519. The van der Waals surface area contributed by atoms with E-state index in [4.69, 9.17) is 9.47 Å². The van der Waals surface area contributed by atoms with E-state index in [1.54, 1.807) is 37.4 Å². The maximum absolute atomic E-state index is 13.7. The number of ether oxygens (including phenoxy) is 2. The van der Waals surface area contributed by atoms with Gasteiger partial charge in [-0.1, -0.05) is 36.8 Å². The number of nitrogens with zero attached hydrogens (tertiary/aromatic N) is 2. The normalized spacial score (nSPS) is 17.7. The number of rotatable bonds is 11. The van der Waals surface area contributed by atoms with Crippen LogP contribution in [0.5, 0.6) is 5.75 Å². The number of nitrogens with one attached hydrogen (secondary N) is 1. The van der Waals surface area contributed by atoms with Crippen molar-refractivity contribution < 1.29 is 22.7 Å². The molecule has 2 unspecified atom stereocenters. The van der Waals surface area contributed by atoms with Gasteiger partial charge in [-0.3, -0.25) is 4.79 Å². The molecule has 198 valence electrons. The number of benzene rings is 2. The predicted octanol–water partition coefficient (Wildman–Crippen LogP) is 3.29. The highest BCUT2D eigenvalue weighted by molar-refractivity contribution is 7.89. The Hall–Kier alpha value is -2.46. The van der Waals surface area contributed by atoms with Crippen molar-refractivity contribution in [2.75, 3.05) is 47.5 Å². The van der Waals surface area contributed by atoms with Gasteiger partial charge in [0.05, 0.1) is 24.7 Å². The molecule has 2 atom stereocenters. The van der Waals surface area contributed by atoms with Gasteiger partial charge in [0, 0.05) is 19.1 Å². The molecule has 1 saturated heterocycles. The summed E-state index contributed by atoms with van der Waals surface area (Å²) >= 11 is 0. The Morgan fingerprint density at radius 2 is 1.81 bits per heavy atom. The van der Waals surface area contributed by atoms with Gasteiger partial charge in [-0.25, -0.2) is 8.42 Å². The molecule has 1 N–H and O–H groups in total. The summed E-state index contributed by atoms with van der Waals surface area (Å²) < 4.78 is 40.0. The average molecular weight is 518 g/mol. The van der Waals surface area contributed by atoms with Crippen LogP contribution < -0.4 is 10.1 Å². The molecule has 1 heterocycles. The van der Waals surface area contributed by atoms with E-state index in [-0.39, 0.29) is 31.2 Å². The van der Waals surface area contributed by atoms with Gasteiger partial charge in [-0.2, -0.15) is 4.31 Å². The topological polar surface area (TPSA) is 88.2 Å². The Morgan fingerprint density at radius 1 is 1.14 bits per heavy atom. The fourth-order valence-corrected chi connectivity index (χ4v) is 6.91. The van der Waals surface area contributed by atoms with Gasteiger partial charge < -0.3 is 19.7 Å². The highest BCUT2D eigenvalue weighted by atomic mass is 32.2. The van der Waals surface area contributed by atoms with Gasteiger partial charge in [0.25, 0.3) is 0 Å². The third kappa shape index (κ3) is 7.06. The number of hydrogen-bond acceptors (Lipinski definition) is 6. The second kappa shape index (κ2) is 12.7. The third-order valence-corrected chi connectivity index (χ3v) is 8.70. The van der Waals surface area contributed by atoms with Crippen molar-refractivity contribution in [2.45, 2.75) is 50.1 Å². The molecule has 1 aliphatic rings. The van der Waals surface area contributed by atoms with Gasteiger partial charge >= 0.3 is 0 Å². The van der Waals surface area contributed by atoms with E-state index in [1.165, 1.54) is 0 Å². The van der Waals surface area contributed by atoms with E-state index in [1.807, 2.05) is 49.3 Å². The van der Waals surface area contributed by atoms with E-state index in [2.05, 4.69) is 5.32 Å². The number of amides is 1. The van der Waals surface area contributed by atoms with Crippen LogP contribution in [-0.2, 0) is 19.6 Å². The molecule has 9 heteroatoms. The lowest BCUT2D eigenvalue weighted by molar-refractivity contribution is -0.127. The van der Waals surface area contributed by atoms with Crippen LogP contribution in [0.3, 0.4) is 0 Å². The minimum absolute atomic E-state index is 0.123. The van der Waals surface area contributed by atoms with E-state index in [0.29, 0.717) is 41.3 Å². The second-order valence-corrected chi connectivity index (χ2v) is 11.5. The lowest BCUT2D eigenvalue weighted by Crippen LogP contribution is -2.47. The first-order chi connectivity index (χ1) is 17.1. The highest BCUT2D eigenvalue weighted by Crippen LogP contribution is 2.32. The molecule has 8 nitrogen and oxygen atoms in total. The van der Waals surface area contributed by atoms with E-state index < -0.39 is 10.0 Å². The molecule has 1 fully saturated rings. The van der Waals surface area contributed by atoms with Crippen LogP contribution in [0.1, 0.15) is 42.0 Å². The molecule has 0 aliphatic carbocycles. The Kier molecular flexibility index (Phi) is 9.90. The minimum atomic E-state index is -3.72. The monoisotopic (exact) mass is 517 g/mol. The molecule has 36 heavy (non-hydrogen) atoms. The van der Waals surface area contributed by atoms with Crippen LogP contribution in [0.2, 0.25) is 0 Å². The molecule has 1 amide bonds. The first-order valence-corrected chi connectivity index (χ1v) is 13.8. The molecule has 0 aromatic heterocycles. The zero-order valence-corrected chi connectivity index (χ0v) is 22.8. The number of methoxy groups -OCH3 is 1. The largest absolute Gasteiger partial charge is 0.497 e. The minimum Gasteiger partial charge on any atom is -0.497 e. The summed E-state index contributed by atoms with van der Waals surface area (Å²) in [5.74, 6) is 0.411. The van der Waals surface area contributed by atoms with Crippen LogP contribution in [0, 0.1) is 13.8 Å². The fourth-order valence-electron chi connectivity index (χ4n) is 4.82. The summed E-state index contributed by atoms with van der Waals surface area (Å²) in [5, 5.41) is 3.05. The van der Waals surface area contributed by atoms with Gasteiger partial charge in [-0.15, -0.1) is 0 Å². The Balaban J connectivity index is 1.65. The number of likely N-dealkylation sites (N-methyl/N-ethyl adjacent to an activating group) is 1. The van der Waals surface area contributed by atoms with Crippen molar-refractivity contribution in [1.29, 1.82) is 0 Å². The van der Waals surface area contributed by atoms with Crippen molar-refractivity contribution in [2.24, 2.45) is 0 Å². The number of carbonyl (C=O) groups excluding carboxylic acids is 1. The summed E-state index contributed by atoms with van der Waals surface area (Å²) in [6.45, 7) is 4.72. The summed E-state index contributed by atoms with van der Waals surface area (Å²) in [5.41, 5.74) is 2.34. The summed E-state index contributed by atoms with van der Waals surface area (Å²) in [4.78, 5) is 15.0. The second-order valence-electron chi connectivity index (χ2n) is 9.66. The van der Waals surface area contributed by atoms with Crippen molar-refractivity contribution in [3.05, 3.63) is 59.2 Å². The van der Waals surface area contributed by atoms with Crippen LogP contribution in [0.15, 0.2) is 47.4 Å². The van der Waals surface area contributed by atoms with E-state index in [9.17, 15) is 13.2 Å². The standard InChI is InChI=1S/C27H39N3O5S/c1-20-15-24(34-5)16-21(2)27(20)36(32,33)30-14-10-9-13-23(30)18-35-19-26(31)28-25(17-29(3)4)22-11-7-6-8-12-22/h6-8,11-12,15-16,23,25H,9-10,13-14,17-19H2,1-5H3,(H,28,31). The number of hydrogen-bond donors (Lipinski definition) is 1. The number of aryl methyl sites for hydroxylation is 2. The first-order valence-electron chi connectivity index (χ1n) is 12.4. The number of piperidine rings is 1. The quantitative estimate of drug-likeness (QED) is 0.492. The average Bonchev–Trinajstić information content (AvgIpc) is 2.83. The molecular weight excluding hydrogens is 478 g/mol. The molecule has 3 rings (SSSR count). The van der Waals surface area contributed by atoms with Gasteiger partial charge in [0.2, 0.25) is 15.9 Å². The van der Waals surface area contributed by atoms with Crippen molar-refractivity contribution >= 4 is 15.9 Å². The van der Waals surface area contributed by atoms with Crippen molar-refractivity contribution in [3.8, 4) is 5.75 Å².